The van der Waals surface area contributed by atoms with E-state index < -0.39 is 0 Å². The van der Waals surface area contributed by atoms with Gasteiger partial charge in [-0.3, -0.25) is 5.32 Å². The van der Waals surface area contributed by atoms with Gasteiger partial charge in [-0.2, -0.15) is 5.26 Å². The van der Waals surface area contributed by atoms with Gasteiger partial charge >= 0.3 is 0 Å². The number of nitriles is 1. The Hall–Kier alpha value is -0.690. The van der Waals surface area contributed by atoms with Crippen molar-refractivity contribution in [2.24, 2.45) is 0 Å². The molecule has 1 aromatic rings. The van der Waals surface area contributed by atoms with Crippen LogP contribution in [-0.2, 0) is 0 Å². The molecule has 1 N–H and O–H groups in total. The van der Waals surface area contributed by atoms with E-state index in [9.17, 15) is 5.26 Å². The molecule has 2 saturated carbocycles. The Morgan fingerprint density at radius 3 is 2.80 bits per heavy atom. The fraction of sp³-hybridized carbons (Fsp3) is 0.562. The third kappa shape index (κ3) is 3.31. The summed E-state index contributed by atoms with van der Waals surface area (Å²) in [5.41, 5.74) is -0.307. The molecule has 0 spiro atoms. The first-order valence-corrected chi connectivity index (χ1v) is 8.57. The van der Waals surface area contributed by atoms with Gasteiger partial charge in [-0.25, -0.2) is 0 Å². The maximum absolute atomic E-state index is 9.61. The first-order chi connectivity index (χ1) is 9.71. The predicted octanol–water partition coefficient (Wildman–Crippen LogP) is 4.39. The molecule has 106 valence electrons. The van der Waals surface area contributed by atoms with Gasteiger partial charge in [-0.15, -0.1) is 11.8 Å². The fourth-order valence-electron chi connectivity index (χ4n) is 2.93. The van der Waals surface area contributed by atoms with Crippen LogP contribution in [0.4, 0.5) is 0 Å². The molecule has 20 heavy (non-hydrogen) atoms. The van der Waals surface area contributed by atoms with E-state index in [-0.39, 0.29) is 5.54 Å². The zero-order valence-corrected chi connectivity index (χ0v) is 13.0. The molecule has 0 aliphatic heterocycles. The number of hydrogen-bond acceptors (Lipinski definition) is 3. The van der Waals surface area contributed by atoms with E-state index in [4.69, 9.17) is 11.6 Å². The summed E-state index contributed by atoms with van der Waals surface area (Å²) in [5, 5.41) is 14.5. The molecule has 2 atom stereocenters. The van der Waals surface area contributed by atoms with Crippen molar-refractivity contribution in [3.63, 3.8) is 0 Å². The van der Waals surface area contributed by atoms with Crippen LogP contribution < -0.4 is 5.32 Å². The lowest BCUT2D eigenvalue weighted by molar-refractivity contribution is 0.301. The Bertz CT molecular complexity index is 523. The highest BCUT2D eigenvalue weighted by molar-refractivity contribution is 8.00. The molecular formula is C16H19ClN2S. The minimum atomic E-state index is -0.307. The molecule has 2 aliphatic carbocycles. The van der Waals surface area contributed by atoms with Crippen LogP contribution >= 0.6 is 23.4 Å². The highest BCUT2D eigenvalue weighted by Gasteiger charge is 2.40. The highest BCUT2D eigenvalue weighted by Crippen LogP contribution is 2.41. The van der Waals surface area contributed by atoms with Gasteiger partial charge in [0.15, 0.2) is 0 Å². The summed E-state index contributed by atoms with van der Waals surface area (Å²) in [7, 11) is 0. The van der Waals surface area contributed by atoms with E-state index in [2.05, 4.69) is 17.5 Å². The van der Waals surface area contributed by atoms with Crippen molar-refractivity contribution >= 4 is 23.4 Å². The molecule has 0 amide bonds. The maximum atomic E-state index is 9.61. The van der Waals surface area contributed by atoms with Crippen molar-refractivity contribution in [2.75, 3.05) is 0 Å². The Morgan fingerprint density at radius 1 is 1.30 bits per heavy atom. The molecule has 3 rings (SSSR count). The van der Waals surface area contributed by atoms with Gasteiger partial charge in [-0.05, 0) is 50.7 Å². The quantitative estimate of drug-likeness (QED) is 0.896. The number of benzene rings is 1. The van der Waals surface area contributed by atoms with Gasteiger partial charge in [0.1, 0.15) is 5.54 Å². The van der Waals surface area contributed by atoms with Crippen molar-refractivity contribution in [1.29, 1.82) is 5.26 Å². The summed E-state index contributed by atoms with van der Waals surface area (Å²) in [4.78, 5) is 1.14. The smallest absolute Gasteiger partial charge is 0.108 e. The molecule has 2 aliphatic rings. The molecule has 2 unspecified atom stereocenters. The summed E-state index contributed by atoms with van der Waals surface area (Å²) < 4.78 is 0. The van der Waals surface area contributed by atoms with Crippen molar-refractivity contribution in [1.82, 2.24) is 5.32 Å². The van der Waals surface area contributed by atoms with Crippen LogP contribution in [-0.4, -0.2) is 16.8 Å². The van der Waals surface area contributed by atoms with E-state index in [0.717, 1.165) is 29.2 Å². The summed E-state index contributed by atoms with van der Waals surface area (Å²) in [6.45, 7) is 0. The van der Waals surface area contributed by atoms with Crippen molar-refractivity contribution < 1.29 is 0 Å². The molecule has 0 saturated heterocycles. The fourth-order valence-corrected chi connectivity index (χ4v) is 4.55. The summed E-state index contributed by atoms with van der Waals surface area (Å²) >= 11 is 8.07. The zero-order chi connectivity index (χ0) is 14.0. The van der Waals surface area contributed by atoms with E-state index in [1.165, 1.54) is 19.3 Å². The van der Waals surface area contributed by atoms with Crippen LogP contribution in [0.15, 0.2) is 29.2 Å². The molecule has 4 heteroatoms. The third-order valence-corrected chi connectivity index (χ3v) is 5.90. The molecular weight excluding hydrogens is 288 g/mol. The Kier molecular flexibility index (Phi) is 4.26. The topological polar surface area (TPSA) is 35.8 Å². The number of halogens is 1. The Balaban J connectivity index is 1.68. The largest absolute Gasteiger partial charge is 0.297 e. The number of nitrogens with one attached hydrogen (secondary N) is 1. The molecule has 1 aromatic carbocycles. The number of hydrogen-bond donors (Lipinski definition) is 1. The van der Waals surface area contributed by atoms with E-state index >= 15 is 0 Å². The molecule has 2 fully saturated rings. The average Bonchev–Trinajstić information content (AvgIpc) is 3.26. The summed E-state index contributed by atoms with van der Waals surface area (Å²) in [6.07, 6.45) is 6.66. The minimum Gasteiger partial charge on any atom is -0.297 e. The van der Waals surface area contributed by atoms with Crippen molar-refractivity contribution in [3.05, 3.63) is 29.3 Å². The lowest BCUT2D eigenvalue weighted by Gasteiger charge is -2.36. The van der Waals surface area contributed by atoms with Crippen molar-refractivity contribution in [3.8, 4) is 6.07 Å². The Labute approximate surface area is 129 Å². The SMILES string of the molecule is N#CC1(NC2CC2)CCCC(Sc2ccccc2Cl)C1. The van der Waals surface area contributed by atoms with Gasteiger partial charge in [0, 0.05) is 16.2 Å². The second-order valence-corrected chi connectivity index (χ2v) is 7.63. The van der Waals surface area contributed by atoms with Crippen LogP contribution in [0.25, 0.3) is 0 Å². The van der Waals surface area contributed by atoms with E-state index in [1.54, 1.807) is 0 Å². The molecule has 0 heterocycles. The van der Waals surface area contributed by atoms with Gasteiger partial charge < -0.3 is 0 Å². The first kappa shape index (κ1) is 14.3. The molecule has 0 aromatic heterocycles. The summed E-state index contributed by atoms with van der Waals surface area (Å²) in [6, 6.07) is 11.1. The zero-order valence-electron chi connectivity index (χ0n) is 11.4. The standard InChI is InChI=1S/C16H19ClN2S/c17-14-5-1-2-6-15(14)20-13-4-3-9-16(10-13,11-18)19-12-7-8-12/h1-2,5-6,12-13,19H,3-4,7-10H2. The van der Waals surface area contributed by atoms with Crippen LogP contribution in [0.1, 0.15) is 38.5 Å². The maximum Gasteiger partial charge on any atom is 0.108 e. The number of nitrogens with zero attached hydrogens (tertiary/aromatic N) is 1. The molecule has 2 nitrogen and oxygen atoms in total. The van der Waals surface area contributed by atoms with Crippen molar-refractivity contribution in [2.45, 2.75) is 60.3 Å². The predicted molar refractivity (Wildman–Crippen MR) is 84.1 cm³/mol. The average molecular weight is 307 g/mol. The monoisotopic (exact) mass is 306 g/mol. The van der Waals surface area contributed by atoms with E-state index in [0.29, 0.717) is 11.3 Å². The van der Waals surface area contributed by atoms with Crippen LogP contribution in [0.2, 0.25) is 5.02 Å². The summed E-state index contributed by atoms with van der Waals surface area (Å²) in [5.74, 6) is 0. The van der Waals surface area contributed by atoms with Gasteiger partial charge in [0.05, 0.1) is 11.1 Å². The second kappa shape index (κ2) is 5.97. The Morgan fingerprint density at radius 2 is 2.10 bits per heavy atom. The van der Waals surface area contributed by atoms with Crippen LogP contribution in [0, 0.1) is 11.3 Å². The van der Waals surface area contributed by atoms with Gasteiger partial charge in [0.2, 0.25) is 0 Å². The van der Waals surface area contributed by atoms with E-state index in [1.807, 2.05) is 30.0 Å². The van der Waals surface area contributed by atoms with Gasteiger partial charge in [0.25, 0.3) is 0 Å². The lowest BCUT2D eigenvalue weighted by Crippen LogP contribution is -2.49. The second-order valence-electron chi connectivity index (χ2n) is 5.88. The minimum absolute atomic E-state index is 0.307. The molecule has 0 bridgehead atoms. The third-order valence-electron chi connectivity index (χ3n) is 4.11. The normalized spacial score (nSPS) is 29.9. The van der Waals surface area contributed by atoms with Crippen LogP contribution in [0.3, 0.4) is 0 Å². The lowest BCUT2D eigenvalue weighted by atomic mass is 9.82. The number of rotatable bonds is 4. The van der Waals surface area contributed by atoms with Crippen LogP contribution in [0.5, 0.6) is 0 Å². The molecule has 0 radical (unpaired) electrons. The first-order valence-electron chi connectivity index (χ1n) is 7.31. The number of thioether (sulfide) groups is 1. The van der Waals surface area contributed by atoms with Gasteiger partial charge in [-0.1, -0.05) is 23.7 Å². The highest BCUT2D eigenvalue weighted by atomic mass is 35.5.